The molecule has 3 heterocycles. The summed E-state index contributed by atoms with van der Waals surface area (Å²) < 4.78 is 1.75. The fourth-order valence-electron chi connectivity index (χ4n) is 3.03. The van der Waals surface area contributed by atoms with E-state index in [2.05, 4.69) is 15.4 Å². The minimum atomic E-state index is -1.15. The molecule has 7 nitrogen and oxygen atoms in total. The smallest absolute Gasteiger partial charge is 0.318 e. The van der Waals surface area contributed by atoms with Crippen molar-refractivity contribution >= 4 is 11.9 Å². The zero-order chi connectivity index (χ0) is 18.1. The minimum Gasteiger partial charge on any atom is -0.318 e. The molecule has 0 unspecified atom stereocenters. The summed E-state index contributed by atoms with van der Waals surface area (Å²) in [6, 6.07) is 14.3. The van der Waals surface area contributed by atoms with Crippen molar-refractivity contribution in [2.45, 2.75) is 19.0 Å². The quantitative estimate of drug-likeness (QED) is 0.734. The molecule has 1 aliphatic rings. The molecular formula is C19H17N5O2. The lowest BCUT2D eigenvalue weighted by Gasteiger charge is -2.21. The maximum atomic E-state index is 12.9. The van der Waals surface area contributed by atoms with Crippen LogP contribution in [0.5, 0.6) is 0 Å². The third kappa shape index (κ3) is 2.63. The molecular weight excluding hydrogens is 330 g/mol. The average molecular weight is 347 g/mol. The van der Waals surface area contributed by atoms with E-state index in [-0.39, 0.29) is 12.5 Å². The first kappa shape index (κ1) is 16.0. The van der Waals surface area contributed by atoms with Crippen LogP contribution < -0.4 is 5.32 Å². The predicted molar refractivity (Wildman–Crippen MR) is 94.2 cm³/mol. The van der Waals surface area contributed by atoms with Gasteiger partial charge in [-0.1, -0.05) is 18.2 Å². The molecule has 0 saturated carbocycles. The average Bonchev–Trinajstić information content (AvgIpc) is 3.27. The Morgan fingerprint density at radius 1 is 1.04 bits per heavy atom. The molecule has 26 heavy (non-hydrogen) atoms. The Kier molecular flexibility index (Phi) is 3.76. The fourth-order valence-corrected chi connectivity index (χ4v) is 3.03. The highest BCUT2D eigenvalue weighted by atomic mass is 16.2. The standard InChI is InChI=1S/C19H17N5O2/c1-19(16-5-2-3-10-20-16)17(25)23(18(26)22-19)13-14-6-8-15(9-7-14)24-12-4-11-21-24/h2-12H,13H2,1H3,(H,22,26)/t19-/m1/s1. The summed E-state index contributed by atoms with van der Waals surface area (Å²) in [6.07, 6.45) is 5.17. The second-order valence-electron chi connectivity index (χ2n) is 6.28. The molecule has 3 aromatic rings. The van der Waals surface area contributed by atoms with Gasteiger partial charge in [0.15, 0.2) is 5.54 Å². The Hall–Kier alpha value is -3.48. The molecule has 2 aromatic heterocycles. The summed E-state index contributed by atoms with van der Waals surface area (Å²) in [5, 5.41) is 6.94. The van der Waals surface area contributed by atoms with Gasteiger partial charge in [0.2, 0.25) is 0 Å². The predicted octanol–water partition coefficient (Wildman–Crippen LogP) is 2.23. The third-order valence-corrected chi connectivity index (χ3v) is 4.50. The summed E-state index contributed by atoms with van der Waals surface area (Å²) in [7, 11) is 0. The number of urea groups is 1. The summed E-state index contributed by atoms with van der Waals surface area (Å²) >= 11 is 0. The number of carbonyl (C=O) groups excluding carboxylic acids is 2. The van der Waals surface area contributed by atoms with Crippen LogP contribution >= 0.6 is 0 Å². The summed E-state index contributed by atoms with van der Waals surface area (Å²) in [4.78, 5) is 30.7. The van der Waals surface area contributed by atoms with Gasteiger partial charge in [0.1, 0.15) is 0 Å². The maximum Gasteiger partial charge on any atom is 0.325 e. The molecule has 1 aromatic carbocycles. The van der Waals surface area contributed by atoms with Crippen molar-refractivity contribution < 1.29 is 9.59 Å². The van der Waals surface area contributed by atoms with Gasteiger partial charge in [0.05, 0.1) is 17.9 Å². The molecule has 1 atom stereocenters. The lowest BCUT2D eigenvalue weighted by Crippen LogP contribution is -2.41. The Balaban J connectivity index is 1.55. The Morgan fingerprint density at radius 2 is 1.85 bits per heavy atom. The van der Waals surface area contributed by atoms with Gasteiger partial charge in [0, 0.05) is 18.6 Å². The Bertz CT molecular complexity index is 938. The first-order valence-corrected chi connectivity index (χ1v) is 8.22. The van der Waals surface area contributed by atoms with Crippen molar-refractivity contribution in [2.75, 3.05) is 0 Å². The van der Waals surface area contributed by atoms with Crippen LogP contribution in [0, 0.1) is 0 Å². The number of hydrogen-bond donors (Lipinski definition) is 1. The number of imide groups is 1. The zero-order valence-electron chi connectivity index (χ0n) is 14.2. The topological polar surface area (TPSA) is 80.1 Å². The van der Waals surface area contributed by atoms with E-state index in [0.717, 1.165) is 11.3 Å². The van der Waals surface area contributed by atoms with Crippen molar-refractivity contribution in [1.29, 1.82) is 0 Å². The van der Waals surface area contributed by atoms with E-state index in [1.807, 2.05) is 36.5 Å². The van der Waals surface area contributed by atoms with Gasteiger partial charge in [-0.3, -0.25) is 14.7 Å². The van der Waals surface area contributed by atoms with Gasteiger partial charge < -0.3 is 5.32 Å². The van der Waals surface area contributed by atoms with E-state index in [0.29, 0.717) is 5.69 Å². The van der Waals surface area contributed by atoms with Gasteiger partial charge >= 0.3 is 6.03 Å². The van der Waals surface area contributed by atoms with Crippen LogP contribution in [-0.2, 0) is 16.9 Å². The Labute approximate surface area is 150 Å². The molecule has 130 valence electrons. The summed E-state index contributed by atoms with van der Waals surface area (Å²) in [5.41, 5.74) is 1.15. The van der Waals surface area contributed by atoms with E-state index in [1.165, 1.54) is 4.90 Å². The monoisotopic (exact) mass is 347 g/mol. The van der Waals surface area contributed by atoms with Gasteiger partial charge in [-0.2, -0.15) is 5.10 Å². The number of benzene rings is 1. The molecule has 7 heteroatoms. The number of nitrogens with zero attached hydrogens (tertiary/aromatic N) is 4. The lowest BCUT2D eigenvalue weighted by atomic mass is 9.97. The van der Waals surface area contributed by atoms with Gasteiger partial charge in [-0.25, -0.2) is 9.48 Å². The normalized spacial score (nSPS) is 19.7. The Morgan fingerprint density at radius 3 is 2.50 bits per heavy atom. The minimum absolute atomic E-state index is 0.201. The second kappa shape index (κ2) is 6.11. The first-order valence-electron chi connectivity index (χ1n) is 8.22. The largest absolute Gasteiger partial charge is 0.325 e. The fraction of sp³-hybridized carbons (Fsp3) is 0.158. The number of aromatic nitrogens is 3. The van der Waals surface area contributed by atoms with Gasteiger partial charge in [0.25, 0.3) is 5.91 Å². The maximum absolute atomic E-state index is 12.9. The number of nitrogens with one attached hydrogen (secondary N) is 1. The van der Waals surface area contributed by atoms with E-state index in [1.54, 1.807) is 42.2 Å². The molecule has 0 aliphatic carbocycles. The molecule has 4 rings (SSSR count). The van der Waals surface area contributed by atoms with Gasteiger partial charge in [-0.15, -0.1) is 0 Å². The number of hydrogen-bond acceptors (Lipinski definition) is 4. The van der Waals surface area contributed by atoms with E-state index >= 15 is 0 Å². The zero-order valence-corrected chi connectivity index (χ0v) is 14.2. The number of amides is 3. The van der Waals surface area contributed by atoms with E-state index in [4.69, 9.17) is 0 Å². The van der Waals surface area contributed by atoms with Crippen LogP contribution in [0.4, 0.5) is 4.79 Å². The molecule has 0 spiro atoms. The van der Waals surface area contributed by atoms with Crippen molar-refractivity contribution in [3.8, 4) is 5.69 Å². The van der Waals surface area contributed by atoms with Crippen LogP contribution in [0.1, 0.15) is 18.2 Å². The SMILES string of the molecule is C[C@]1(c2ccccn2)NC(=O)N(Cc2ccc(-n3cccn3)cc2)C1=O. The number of rotatable bonds is 4. The lowest BCUT2D eigenvalue weighted by molar-refractivity contribution is -0.131. The van der Waals surface area contributed by atoms with Crippen molar-refractivity contribution in [2.24, 2.45) is 0 Å². The highest BCUT2D eigenvalue weighted by Gasteiger charge is 2.49. The van der Waals surface area contributed by atoms with E-state index < -0.39 is 11.6 Å². The van der Waals surface area contributed by atoms with Crippen molar-refractivity contribution in [1.82, 2.24) is 25.0 Å². The van der Waals surface area contributed by atoms with Crippen LogP contribution in [-0.4, -0.2) is 31.6 Å². The highest BCUT2D eigenvalue weighted by Crippen LogP contribution is 2.28. The summed E-state index contributed by atoms with van der Waals surface area (Å²) in [6.45, 7) is 1.88. The summed E-state index contributed by atoms with van der Waals surface area (Å²) in [5.74, 6) is -0.308. The molecule has 1 aliphatic heterocycles. The van der Waals surface area contributed by atoms with Crippen LogP contribution in [0.15, 0.2) is 67.1 Å². The molecule has 1 N–H and O–H groups in total. The molecule has 3 amide bonds. The number of pyridine rings is 1. The molecule has 1 saturated heterocycles. The van der Waals surface area contributed by atoms with E-state index in [9.17, 15) is 9.59 Å². The van der Waals surface area contributed by atoms with Crippen LogP contribution in [0.2, 0.25) is 0 Å². The molecule has 0 bridgehead atoms. The van der Waals surface area contributed by atoms with Gasteiger partial charge in [-0.05, 0) is 42.8 Å². The van der Waals surface area contributed by atoms with Crippen LogP contribution in [0.25, 0.3) is 5.69 Å². The first-order chi connectivity index (χ1) is 12.6. The van der Waals surface area contributed by atoms with Crippen molar-refractivity contribution in [3.05, 3.63) is 78.4 Å². The molecule has 0 radical (unpaired) electrons. The highest BCUT2D eigenvalue weighted by molar-refractivity contribution is 6.06. The second-order valence-corrected chi connectivity index (χ2v) is 6.28. The number of carbonyl (C=O) groups is 2. The molecule has 1 fully saturated rings. The van der Waals surface area contributed by atoms with Crippen LogP contribution in [0.3, 0.4) is 0 Å². The third-order valence-electron chi connectivity index (χ3n) is 4.50. The van der Waals surface area contributed by atoms with Crippen molar-refractivity contribution in [3.63, 3.8) is 0 Å².